The minimum atomic E-state index is 0.0724. The molecule has 1 saturated carbocycles. The summed E-state index contributed by atoms with van der Waals surface area (Å²) < 4.78 is 5.39. The third-order valence-electron chi connectivity index (χ3n) is 5.70. The highest BCUT2D eigenvalue weighted by atomic mass is 16.5. The van der Waals surface area contributed by atoms with E-state index >= 15 is 0 Å². The van der Waals surface area contributed by atoms with Gasteiger partial charge in [0, 0.05) is 44.7 Å². The molecule has 3 fully saturated rings. The van der Waals surface area contributed by atoms with Gasteiger partial charge in [-0.15, -0.1) is 0 Å². The third-order valence-corrected chi connectivity index (χ3v) is 5.70. The fourth-order valence-electron chi connectivity index (χ4n) is 4.00. The fourth-order valence-corrected chi connectivity index (χ4v) is 4.00. The topological polar surface area (TPSA) is 65.7 Å². The summed E-state index contributed by atoms with van der Waals surface area (Å²) in [5, 5.41) is 4.09. The molecule has 25 heavy (non-hydrogen) atoms. The van der Waals surface area contributed by atoms with Gasteiger partial charge < -0.3 is 9.42 Å². The van der Waals surface area contributed by atoms with Crippen LogP contribution in [0.4, 0.5) is 0 Å². The van der Waals surface area contributed by atoms with Gasteiger partial charge in [-0.3, -0.25) is 14.6 Å². The van der Waals surface area contributed by atoms with E-state index in [0.717, 1.165) is 63.8 Å². The number of aromatic nitrogens is 2. The Labute approximate surface area is 149 Å². The summed E-state index contributed by atoms with van der Waals surface area (Å²) >= 11 is 0. The maximum atomic E-state index is 12.7. The molecule has 3 heterocycles. The van der Waals surface area contributed by atoms with Crippen molar-refractivity contribution in [2.24, 2.45) is 0 Å². The average molecular weight is 347 g/mol. The van der Waals surface area contributed by atoms with Crippen LogP contribution in [0.15, 0.2) is 4.52 Å². The molecule has 1 atom stereocenters. The van der Waals surface area contributed by atoms with Crippen LogP contribution in [0, 0.1) is 0 Å². The van der Waals surface area contributed by atoms with Crippen LogP contribution in [0.5, 0.6) is 0 Å². The largest absolute Gasteiger partial charge is 0.339 e. The minimum absolute atomic E-state index is 0.0724. The zero-order chi connectivity index (χ0) is 17.4. The van der Waals surface area contributed by atoms with E-state index in [1.807, 2.05) is 4.90 Å². The Balaban J connectivity index is 1.29. The molecular weight excluding hydrogens is 318 g/mol. The lowest BCUT2D eigenvalue weighted by molar-refractivity contribution is -0.143. The number of carbonyl (C=O) groups excluding carboxylic acids is 1. The normalized spacial score (nSPS) is 26.6. The van der Waals surface area contributed by atoms with Gasteiger partial charge in [0.1, 0.15) is 0 Å². The first-order valence-corrected chi connectivity index (χ1v) is 9.71. The van der Waals surface area contributed by atoms with Crippen molar-refractivity contribution in [2.45, 2.75) is 64.1 Å². The van der Waals surface area contributed by atoms with Gasteiger partial charge in [-0.2, -0.15) is 4.98 Å². The molecule has 0 spiro atoms. The number of amides is 1. The van der Waals surface area contributed by atoms with Crippen LogP contribution in [0.3, 0.4) is 0 Å². The highest BCUT2D eigenvalue weighted by molar-refractivity contribution is 5.82. The summed E-state index contributed by atoms with van der Waals surface area (Å²) in [5.41, 5.74) is 0. The van der Waals surface area contributed by atoms with Crippen molar-refractivity contribution < 1.29 is 9.32 Å². The molecule has 3 aliphatic rings. The molecule has 0 unspecified atom stereocenters. The molecule has 138 valence electrons. The van der Waals surface area contributed by atoms with E-state index in [9.17, 15) is 4.79 Å². The number of likely N-dealkylation sites (tertiary alicyclic amines) is 1. The molecule has 7 heteroatoms. The molecule has 2 aliphatic heterocycles. The Bertz CT molecular complexity index is 604. The SMILES string of the molecule is CC(C)N1CCC[C@H](N2CCN(Cc3nc(C4CC4)no3)CC2)C1=O. The highest BCUT2D eigenvalue weighted by Gasteiger charge is 2.36. The number of hydrogen-bond donors (Lipinski definition) is 0. The lowest BCUT2D eigenvalue weighted by Gasteiger charge is -2.43. The quantitative estimate of drug-likeness (QED) is 0.803. The van der Waals surface area contributed by atoms with Gasteiger partial charge in [-0.25, -0.2) is 0 Å². The number of piperazine rings is 1. The number of rotatable bonds is 5. The molecule has 0 bridgehead atoms. The first-order valence-electron chi connectivity index (χ1n) is 9.71. The molecule has 1 aromatic rings. The third kappa shape index (κ3) is 3.72. The maximum Gasteiger partial charge on any atom is 0.240 e. The molecule has 1 aliphatic carbocycles. The van der Waals surface area contributed by atoms with E-state index in [0.29, 0.717) is 17.9 Å². The van der Waals surface area contributed by atoms with Gasteiger partial charge in [0.05, 0.1) is 12.6 Å². The smallest absolute Gasteiger partial charge is 0.240 e. The molecule has 0 N–H and O–H groups in total. The van der Waals surface area contributed by atoms with Crippen molar-refractivity contribution in [3.8, 4) is 0 Å². The van der Waals surface area contributed by atoms with Crippen molar-refractivity contribution in [1.82, 2.24) is 24.8 Å². The van der Waals surface area contributed by atoms with Gasteiger partial charge in [-0.05, 0) is 39.5 Å². The van der Waals surface area contributed by atoms with E-state index in [1.165, 1.54) is 12.8 Å². The monoisotopic (exact) mass is 347 g/mol. The molecule has 0 aromatic carbocycles. The zero-order valence-corrected chi connectivity index (χ0v) is 15.4. The van der Waals surface area contributed by atoms with Crippen molar-refractivity contribution in [3.63, 3.8) is 0 Å². The summed E-state index contributed by atoms with van der Waals surface area (Å²) in [6.07, 6.45) is 4.50. The van der Waals surface area contributed by atoms with Crippen LogP contribution in [0.2, 0.25) is 0 Å². The Morgan fingerprint density at radius 3 is 2.56 bits per heavy atom. The van der Waals surface area contributed by atoms with Gasteiger partial charge in [0.2, 0.25) is 11.8 Å². The van der Waals surface area contributed by atoms with Crippen molar-refractivity contribution in [1.29, 1.82) is 0 Å². The average Bonchev–Trinajstić information content (AvgIpc) is 3.36. The van der Waals surface area contributed by atoms with Crippen LogP contribution >= 0.6 is 0 Å². The fraction of sp³-hybridized carbons (Fsp3) is 0.833. The zero-order valence-electron chi connectivity index (χ0n) is 15.4. The van der Waals surface area contributed by atoms with Gasteiger partial charge in [0.15, 0.2) is 5.82 Å². The van der Waals surface area contributed by atoms with Crippen LogP contribution in [-0.4, -0.2) is 75.6 Å². The standard InChI is InChI=1S/C18H29N5O2/c1-13(2)23-7-3-4-15(18(23)24)22-10-8-21(9-11-22)12-16-19-17(20-25-16)14-5-6-14/h13-15H,3-12H2,1-2H3/t15-/m0/s1. The van der Waals surface area contributed by atoms with Gasteiger partial charge >= 0.3 is 0 Å². The number of nitrogens with zero attached hydrogens (tertiary/aromatic N) is 5. The van der Waals surface area contributed by atoms with E-state index in [4.69, 9.17) is 4.52 Å². The van der Waals surface area contributed by atoms with Crippen LogP contribution in [0.1, 0.15) is 57.2 Å². The molecule has 1 amide bonds. The maximum absolute atomic E-state index is 12.7. The summed E-state index contributed by atoms with van der Waals surface area (Å²) in [4.78, 5) is 24.0. The van der Waals surface area contributed by atoms with E-state index in [1.54, 1.807) is 0 Å². The summed E-state index contributed by atoms with van der Waals surface area (Å²) in [5.74, 6) is 2.47. The minimum Gasteiger partial charge on any atom is -0.339 e. The lowest BCUT2D eigenvalue weighted by Crippen LogP contribution is -2.58. The summed E-state index contributed by atoms with van der Waals surface area (Å²) in [6.45, 7) is 9.63. The predicted octanol–water partition coefficient (Wildman–Crippen LogP) is 1.46. The van der Waals surface area contributed by atoms with E-state index in [2.05, 4.69) is 33.8 Å². The van der Waals surface area contributed by atoms with Gasteiger partial charge in [-0.1, -0.05) is 5.16 Å². The van der Waals surface area contributed by atoms with E-state index < -0.39 is 0 Å². The Hall–Kier alpha value is -1.47. The summed E-state index contributed by atoms with van der Waals surface area (Å²) in [7, 11) is 0. The van der Waals surface area contributed by atoms with Gasteiger partial charge in [0.25, 0.3) is 0 Å². The molecule has 0 radical (unpaired) electrons. The number of piperidine rings is 1. The van der Waals surface area contributed by atoms with Crippen LogP contribution < -0.4 is 0 Å². The predicted molar refractivity (Wildman–Crippen MR) is 93.0 cm³/mol. The Morgan fingerprint density at radius 2 is 1.88 bits per heavy atom. The van der Waals surface area contributed by atoms with Crippen LogP contribution in [-0.2, 0) is 11.3 Å². The first kappa shape index (κ1) is 17.0. The lowest BCUT2D eigenvalue weighted by atomic mass is 10.0. The van der Waals surface area contributed by atoms with Crippen molar-refractivity contribution >= 4 is 5.91 Å². The molecular formula is C18H29N5O2. The number of hydrogen-bond acceptors (Lipinski definition) is 6. The molecule has 4 rings (SSSR count). The highest BCUT2D eigenvalue weighted by Crippen LogP contribution is 2.38. The van der Waals surface area contributed by atoms with Crippen molar-refractivity contribution in [3.05, 3.63) is 11.7 Å². The summed E-state index contributed by atoms with van der Waals surface area (Å²) in [6, 6.07) is 0.373. The van der Waals surface area contributed by atoms with Crippen LogP contribution in [0.25, 0.3) is 0 Å². The second-order valence-corrected chi connectivity index (χ2v) is 7.92. The molecule has 2 saturated heterocycles. The first-order chi connectivity index (χ1) is 12.1. The van der Waals surface area contributed by atoms with E-state index in [-0.39, 0.29) is 6.04 Å². The molecule has 7 nitrogen and oxygen atoms in total. The van der Waals surface area contributed by atoms with Crippen molar-refractivity contribution in [2.75, 3.05) is 32.7 Å². The second-order valence-electron chi connectivity index (χ2n) is 7.92. The Kier molecular flexibility index (Phi) is 4.78. The number of carbonyl (C=O) groups is 1. The second kappa shape index (κ2) is 7.03. The Morgan fingerprint density at radius 1 is 1.12 bits per heavy atom. The molecule has 1 aromatic heterocycles.